The zero-order valence-electron chi connectivity index (χ0n) is 11.1. The van der Waals surface area contributed by atoms with E-state index in [1.807, 2.05) is 0 Å². The van der Waals surface area contributed by atoms with Crippen molar-refractivity contribution < 1.29 is 19.4 Å². The Labute approximate surface area is 112 Å². The SMILES string of the molecule is O=C(O)[C@H]1CCCN(C(=O)[C@H]2CC23CCOCC3)C1. The molecule has 0 aromatic heterocycles. The van der Waals surface area contributed by atoms with Gasteiger partial charge < -0.3 is 14.7 Å². The Bertz CT molecular complexity index is 389. The second-order valence-electron chi connectivity index (χ2n) is 6.19. The average molecular weight is 267 g/mol. The van der Waals surface area contributed by atoms with Gasteiger partial charge in [-0.1, -0.05) is 0 Å². The first-order valence-electron chi connectivity index (χ1n) is 7.22. The van der Waals surface area contributed by atoms with Gasteiger partial charge in [-0.3, -0.25) is 9.59 Å². The van der Waals surface area contributed by atoms with Crippen LogP contribution >= 0.6 is 0 Å². The van der Waals surface area contributed by atoms with Crippen molar-refractivity contribution in [1.29, 1.82) is 0 Å². The van der Waals surface area contributed by atoms with Gasteiger partial charge in [0.15, 0.2) is 0 Å². The Morgan fingerprint density at radius 3 is 2.68 bits per heavy atom. The molecule has 3 rings (SSSR count). The molecule has 1 amide bonds. The van der Waals surface area contributed by atoms with Crippen LogP contribution in [0.15, 0.2) is 0 Å². The van der Waals surface area contributed by atoms with Crippen LogP contribution in [-0.4, -0.2) is 48.2 Å². The smallest absolute Gasteiger partial charge is 0.308 e. The number of carbonyl (C=O) groups is 2. The van der Waals surface area contributed by atoms with Gasteiger partial charge in [-0.25, -0.2) is 0 Å². The maximum atomic E-state index is 12.5. The first kappa shape index (κ1) is 12.9. The largest absolute Gasteiger partial charge is 0.481 e. The first-order chi connectivity index (χ1) is 9.12. The molecule has 1 aliphatic carbocycles. The summed E-state index contributed by atoms with van der Waals surface area (Å²) in [5.41, 5.74) is 0.186. The lowest BCUT2D eigenvalue weighted by molar-refractivity contribution is -0.146. The third-order valence-corrected chi connectivity index (χ3v) is 5.06. The number of amides is 1. The van der Waals surface area contributed by atoms with E-state index in [9.17, 15) is 9.59 Å². The summed E-state index contributed by atoms with van der Waals surface area (Å²) in [4.78, 5) is 25.3. The van der Waals surface area contributed by atoms with E-state index in [2.05, 4.69) is 0 Å². The topological polar surface area (TPSA) is 66.8 Å². The molecule has 5 nitrogen and oxygen atoms in total. The van der Waals surface area contributed by atoms with Crippen LogP contribution in [0.5, 0.6) is 0 Å². The molecule has 2 saturated heterocycles. The summed E-state index contributed by atoms with van der Waals surface area (Å²) in [5, 5.41) is 9.08. The van der Waals surface area contributed by atoms with Gasteiger partial charge in [-0.05, 0) is 37.5 Å². The second-order valence-corrected chi connectivity index (χ2v) is 6.19. The maximum absolute atomic E-state index is 12.5. The fourth-order valence-corrected chi connectivity index (χ4v) is 3.63. The molecule has 19 heavy (non-hydrogen) atoms. The number of carbonyl (C=O) groups excluding carboxylic acids is 1. The molecule has 1 saturated carbocycles. The van der Waals surface area contributed by atoms with Crippen molar-refractivity contribution in [3.8, 4) is 0 Å². The summed E-state index contributed by atoms with van der Waals surface area (Å²) >= 11 is 0. The molecule has 0 unspecified atom stereocenters. The predicted octanol–water partition coefficient (Wildman–Crippen LogP) is 1.13. The Hall–Kier alpha value is -1.10. The normalized spacial score (nSPS) is 33.2. The molecule has 2 heterocycles. The lowest BCUT2D eigenvalue weighted by Crippen LogP contribution is -2.43. The number of aliphatic carboxylic acids is 1. The molecule has 106 valence electrons. The number of carboxylic acids is 1. The lowest BCUT2D eigenvalue weighted by atomic mass is 9.92. The molecular weight excluding hydrogens is 246 g/mol. The van der Waals surface area contributed by atoms with Crippen molar-refractivity contribution in [2.24, 2.45) is 17.3 Å². The molecule has 0 aromatic carbocycles. The van der Waals surface area contributed by atoms with Crippen LogP contribution in [0.3, 0.4) is 0 Å². The monoisotopic (exact) mass is 267 g/mol. The molecule has 0 bridgehead atoms. The highest BCUT2D eigenvalue weighted by molar-refractivity contribution is 5.83. The molecular formula is C14H21NO4. The molecule has 0 aromatic rings. The number of ether oxygens (including phenoxy) is 1. The van der Waals surface area contributed by atoms with Gasteiger partial charge in [0.2, 0.25) is 5.91 Å². The average Bonchev–Trinajstić information content (AvgIpc) is 3.12. The first-order valence-corrected chi connectivity index (χ1v) is 7.22. The summed E-state index contributed by atoms with van der Waals surface area (Å²) in [6.07, 6.45) is 4.46. The highest BCUT2D eigenvalue weighted by Gasteiger charge is 2.59. The molecule has 1 N–H and O–H groups in total. The lowest BCUT2D eigenvalue weighted by Gasteiger charge is -2.32. The van der Waals surface area contributed by atoms with E-state index in [0.29, 0.717) is 13.0 Å². The van der Waals surface area contributed by atoms with Gasteiger partial charge in [0.1, 0.15) is 0 Å². The standard InChI is InChI=1S/C14H21NO4/c16-12(11-8-14(11)3-6-19-7-4-14)15-5-1-2-10(9-15)13(17)18/h10-11H,1-9H2,(H,17,18)/t10-,11+/m0/s1. The van der Waals surface area contributed by atoms with Crippen molar-refractivity contribution in [3.63, 3.8) is 0 Å². The molecule has 1 spiro atoms. The Morgan fingerprint density at radius 1 is 1.26 bits per heavy atom. The van der Waals surface area contributed by atoms with Gasteiger partial charge in [-0.2, -0.15) is 0 Å². The second kappa shape index (κ2) is 4.78. The van der Waals surface area contributed by atoms with Gasteiger partial charge in [0.05, 0.1) is 5.92 Å². The highest BCUT2D eigenvalue weighted by Crippen LogP contribution is 2.59. The zero-order chi connectivity index (χ0) is 13.5. The third-order valence-electron chi connectivity index (χ3n) is 5.06. The van der Waals surface area contributed by atoms with E-state index >= 15 is 0 Å². The fraction of sp³-hybridized carbons (Fsp3) is 0.857. The van der Waals surface area contributed by atoms with Crippen LogP contribution in [0.4, 0.5) is 0 Å². The summed E-state index contributed by atoms with van der Waals surface area (Å²) in [7, 11) is 0. The highest BCUT2D eigenvalue weighted by atomic mass is 16.5. The summed E-state index contributed by atoms with van der Waals surface area (Å²) in [6, 6.07) is 0. The van der Waals surface area contributed by atoms with Crippen LogP contribution < -0.4 is 0 Å². The van der Waals surface area contributed by atoms with E-state index in [4.69, 9.17) is 9.84 Å². The minimum atomic E-state index is -0.769. The number of likely N-dealkylation sites (tertiary alicyclic amines) is 1. The summed E-state index contributed by atoms with van der Waals surface area (Å²) in [6.45, 7) is 2.66. The number of hydrogen-bond acceptors (Lipinski definition) is 3. The van der Waals surface area contributed by atoms with Crippen LogP contribution in [0.1, 0.15) is 32.1 Å². The van der Waals surface area contributed by atoms with Gasteiger partial charge in [-0.15, -0.1) is 0 Å². The van der Waals surface area contributed by atoms with Crippen LogP contribution in [0, 0.1) is 17.3 Å². The number of rotatable bonds is 2. The molecule has 2 atom stereocenters. The zero-order valence-corrected chi connectivity index (χ0v) is 11.1. The predicted molar refractivity (Wildman–Crippen MR) is 67.5 cm³/mol. The number of carboxylic acid groups (broad SMARTS) is 1. The van der Waals surface area contributed by atoms with E-state index in [-0.39, 0.29) is 23.2 Å². The Kier molecular flexibility index (Phi) is 3.25. The van der Waals surface area contributed by atoms with E-state index < -0.39 is 5.97 Å². The Morgan fingerprint density at radius 2 is 2.00 bits per heavy atom. The van der Waals surface area contributed by atoms with Gasteiger partial charge in [0, 0.05) is 32.2 Å². The van der Waals surface area contributed by atoms with E-state index in [1.165, 1.54) is 0 Å². The number of nitrogens with zero attached hydrogens (tertiary/aromatic N) is 1. The van der Waals surface area contributed by atoms with Crippen molar-refractivity contribution in [1.82, 2.24) is 4.90 Å². The van der Waals surface area contributed by atoms with Crippen LogP contribution in [-0.2, 0) is 14.3 Å². The van der Waals surface area contributed by atoms with Gasteiger partial charge >= 0.3 is 5.97 Å². The van der Waals surface area contributed by atoms with E-state index in [1.54, 1.807) is 4.90 Å². The fourth-order valence-electron chi connectivity index (χ4n) is 3.63. The molecule has 3 fully saturated rings. The number of hydrogen-bond donors (Lipinski definition) is 1. The Balaban J connectivity index is 1.60. The molecule has 3 aliphatic rings. The van der Waals surface area contributed by atoms with Crippen molar-refractivity contribution >= 4 is 11.9 Å². The van der Waals surface area contributed by atoms with Crippen LogP contribution in [0.2, 0.25) is 0 Å². The van der Waals surface area contributed by atoms with Crippen LogP contribution in [0.25, 0.3) is 0 Å². The van der Waals surface area contributed by atoms with Crippen molar-refractivity contribution in [2.45, 2.75) is 32.1 Å². The quantitative estimate of drug-likeness (QED) is 0.814. The summed E-state index contributed by atoms with van der Waals surface area (Å²) in [5.74, 6) is -0.826. The summed E-state index contributed by atoms with van der Waals surface area (Å²) < 4.78 is 5.36. The maximum Gasteiger partial charge on any atom is 0.308 e. The van der Waals surface area contributed by atoms with Gasteiger partial charge in [0.25, 0.3) is 0 Å². The minimum absolute atomic E-state index is 0.129. The van der Waals surface area contributed by atoms with E-state index in [0.717, 1.165) is 45.4 Å². The molecule has 2 aliphatic heterocycles. The molecule has 0 radical (unpaired) electrons. The van der Waals surface area contributed by atoms with Crippen molar-refractivity contribution in [3.05, 3.63) is 0 Å². The minimum Gasteiger partial charge on any atom is -0.481 e. The molecule has 5 heteroatoms. The van der Waals surface area contributed by atoms with Crippen molar-refractivity contribution in [2.75, 3.05) is 26.3 Å². The third kappa shape index (κ3) is 2.36. The number of piperidine rings is 1.